The zero-order chi connectivity index (χ0) is 6.15. The first-order valence-electron chi connectivity index (χ1n) is 2.41. The predicted molar refractivity (Wildman–Crippen MR) is 28.1 cm³/mol. The number of rotatable bonds is 0. The standard InChI is InChI=1S/C4H8O3Se/c5-3-1-8(7)2-4(3)6/h3-6H,1-2H2/t3-,4+,8?. The zero-order valence-corrected chi connectivity index (χ0v) is 5.99. The van der Waals surface area contributed by atoms with Gasteiger partial charge in [0.2, 0.25) is 0 Å². The summed E-state index contributed by atoms with van der Waals surface area (Å²) >= 11 is -1.80. The van der Waals surface area contributed by atoms with E-state index in [0.29, 0.717) is 10.6 Å². The van der Waals surface area contributed by atoms with Crippen molar-refractivity contribution in [3.63, 3.8) is 0 Å². The molecule has 0 aromatic heterocycles. The van der Waals surface area contributed by atoms with Crippen LogP contribution in [0.3, 0.4) is 0 Å². The van der Waals surface area contributed by atoms with Crippen LogP contribution < -0.4 is 0 Å². The molecule has 0 bridgehead atoms. The van der Waals surface area contributed by atoms with Gasteiger partial charge in [0.05, 0.1) is 0 Å². The fourth-order valence-electron chi connectivity index (χ4n) is 0.671. The minimum atomic E-state index is -1.80. The zero-order valence-electron chi connectivity index (χ0n) is 4.28. The normalized spacial score (nSPS) is 47.5. The van der Waals surface area contributed by atoms with Gasteiger partial charge >= 0.3 is 50.7 Å². The molecule has 1 saturated heterocycles. The minimum absolute atomic E-state index is 0.334. The van der Waals surface area contributed by atoms with Crippen LogP contribution in [0.15, 0.2) is 0 Å². The molecule has 1 aliphatic rings. The van der Waals surface area contributed by atoms with E-state index in [9.17, 15) is 3.83 Å². The average Bonchev–Trinajstić information content (AvgIpc) is 1.85. The molecule has 0 radical (unpaired) electrons. The van der Waals surface area contributed by atoms with E-state index in [-0.39, 0.29) is 0 Å². The molecular formula is C4H8O3Se. The van der Waals surface area contributed by atoms with Crippen molar-refractivity contribution in [1.82, 2.24) is 0 Å². The van der Waals surface area contributed by atoms with Gasteiger partial charge in [-0.25, -0.2) is 0 Å². The summed E-state index contributed by atoms with van der Waals surface area (Å²) in [5.41, 5.74) is 0. The molecule has 1 rings (SSSR count). The summed E-state index contributed by atoms with van der Waals surface area (Å²) in [4.78, 5) is 0. The summed E-state index contributed by atoms with van der Waals surface area (Å²) in [5.74, 6) is 0. The Morgan fingerprint density at radius 3 is 1.75 bits per heavy atom. The van der Waals surface area contributed by atoms with Gasteiger partial charge in [0.1, 0.15) is 0 Å². The van der Waals surface area contributed by atoms with Crippen molar-refractivity contribution >= 4 is 13.8 Å². The van der Waals surface area contributed by atoms with Crippen molar-refractivity contribution < 1.29 is 14.0 Å². The maximum absolute atomic E-state index is 10.6. The summed E-state index contributed by atoms with van der Waals surface area (Å²) in [6.45, 7) is 0. The summed E-state index contributed by atoms with van der Waals surface area (Å²) in [6.07, 6.45) is -1.42. The molecule has 1 fully saturated rings. The predicted octanol–water partition coefficient (Wildman–Crippen LogP) is -0.856. The Hall–Kier alpha value is 0.239. The van der Waals surface area contributed by atoms with E-state index < -0.39 is 26.0 Å². The van der Waals surface area contributed by atoms with Crippen LogP contribution in [0.1, 0.15) is 0 Å². The van der Waals surface area contributed by atoms with Gasteiger partial charge < -0.3 is 0 Å². The third kappa shape index (κ3) is 1.14. The Bertz CT molecular complexity index is 102. The van der Waals surface area contributed by atoms with E-state index in [1.54, 1.807) is 0 Å². The van der Waals surface area contributed by atoms with Gasteiger partial charge in [-0.05, 0) is 0 Å². The van der Waals surface area contributed by atoms with E-state index in [2.05, 4.69) is 0 Å². The van der Waals surface area contributed by atoms with Crippen LogP contribution in [-0.4, -0.2) is 36.3 Å². The molecule has 1 aliphatic heterocycles. The van der Waals surface area contributed by atoms with E-state index in [1.807, 2.05) is 0 Å². The van der Waals surface area contributed by atoms with Crippen molar-refractivity contribution in [2.24, 2.45) is 0 Å². The average molecular weight is 183 g/mol. The van der Waals surface area contributed by atoms with Crippen LogP contribution in [0.4, 0.5) is 0 Å². The molecule has 0 aromatic rings. The molecule has 0 aliphatic carbocycles. The van der Waals surface area contributed by atoms with Crippen LogP contribution in [0.25, 0.3) is 0 Å². The quantitative estimate of drug-likeness (QED) is 0.480. The SMILES string of the molecule is O=[Se]1C[C@@H](O)[C@@H](O)C1. The van der Waals surface area contributed by atoms with Crippen LogP contribution >= 0.6 is 0 Å². The van der Waals surface area contributed by atoms with Gasteiger partial charge in [-0.2, -0.15) is 0 Å². The Morgan fingerprint density at radius 1 is 1.25 bits per heavy atom. The molecule has 0 aromatic carbocycles. The summed E-state index contributed by atoms with van der Waals surface area (Å²) in [5, 5.41) is 18.2. The molecule has 4 heteroatoms. The third-order valence-electron chi connectivity index (χ3n) is 1.16. The van der Waals surface area contributed by atoms with Gasteiger partial charge in [-0.1, -0.05) is 0 Å². The number of hydrogen-bond acceptors (Lipinski definition) is 3. The van der Waals surface area contributed by atoms with Crippen molar-refractivity contribution in [3.05, 3.63) is 0 Å². The van der Waals surface area contributed by atoms with Crippen LogP contribution in [0.5, 0.6) is 0 Å². The molecular weight excluding hydrogens is 175 g/mol. The number of hydrogen-bond donors (Lipinski definition) is 2. The van der Waals surface area contributed by atoms with Crippen LogP contribution in [0.2, 0.25) is 10.6 Å². The number of aliphatic hydroxyl groups is 2. The Balaban J connectivity index is 2.51. The molecule has 0 spiro atoms. The van der Waals surface area contributed by atoms with Crippen molar-refractivity contribution in [2.75, 3.05) is 0 Å². The van der Waals surface area contributed by atoms with Crippen LogP contribution in [-0.2, 0) is 3.83 Å². The molecule has 0 saturated carbocycles. The fourth-order valence-corrected chi connectivity index (χ4v) is 3.49. The van der Waals surface area contributed by atoms with Crippen molar-refractivity contribution in [1.29, 1.82) is 0 Å². The third-order valence-corrected chi connectivity index (χ3v) is 4.15. The Labute approximate surface area is 51.4 Å². The Kier molecular flexibility index (Phi) is 1.77. The summed E-state index contributed by atoms with van der Waals surface area (Å²) in [7, 11) is 0. The second-order valence-corrected chi connectivity index (χ2v) is 5.15. The van der Waals surface area contributed by atoms with Crippen molar-refractivity contribution in [2.45, 2.75) is 22.8 Å². The van der Waals surface area contributed by atoms with E-state index >= 15 is 0 Å². The maximum atomic E-state index is 10.6. The van der Waals surface area contributed by atoms with Gasteiger partial charge in [0.15, 0.2) is 0 Å². The molecule has 48 valence electrons. The molecule has 0 amide bonds. The van der Waals surface area contributed by atoms with E-state index in [1.165, 1.54) is 0 Å². The molecule has 1 unspecified atom stereocenters. The van der Waals surface area contributed by atoms with Gasteiger partial charge in [0.25, 0.3) is 0 Å². The summed E-state index contributed by atoms with van der Waals surface area (Å²) in [6, 6.07) is 0. The number of aliphatic hydroxyl groups excluding tert-OH is 2. The van der Waals surface area contributed by atoms with Crippen molar-refractivity contribution in [3.8, 4) is 0 Å². The van der Waals surface area contributed by atoms with Crippen LogP contribution in [0, 0.1) is 0 Å². The monoisotopic (exact) mass is 184 g/mol. The molecule has 1 heterocycles. The topological polar surface area (TPSA) is 57.5 Å². The Morgan fingerprint density at radius 2 is 1.62 bits per heavy atom. The fraction of sp³-hybridized carbons (Fsp3) is 1.00. The van der Waals surface area contributed by atoms with E-state index in [4.69, 9.17) is 10.2 Å². The summed E-state index contributed by atoms with van der Waals surface area (Å²) < 4.78 is 10.6. The van der Waals surface area contributed by atoms with E-state index in [0.717, 1.165) is 0 Å². The second-order valence-electron chi connectivity index (χ2n) is 1.91. The molecule has 8 heavy (non-hydrogen) atoms. The first-order chi connectivity index (χ1) is 3.70. The molecule has 2 N–H and O–H groups in total. The van der Waals surface area contributed by atoms with Gasteiger partial charge in [-0.3, -0.25) is 0 Å². The molecule has 3 atom stereocenters. The van der Waals surface area contributed by atoms with Gasteiger partial charge in [0, 0.05) is 0 Å². The van der Waals surface area contributed by atoms with Gasteiger partial charge in [-0.15, -0.1) is 0 Å². The second kappa shape index (κ2) is 2.23. The first kappa shape index (κ1) is 6.36. The molecule has 3 nitrogen and oxygen atoms in total. The first-order valence-corrected chi connectivity index (χ1v) is 5.53.